The van der Waals surface area contributed by atoms with E-state index in [4.69, 9.17) is 10.00 Å². The first-order chi connectivity index (χ1) is 8.53. The molecule has 0 radical (unpaired) electrons. The molecule has 0 saturated heterocycles. The third kappa shape index (κ3) is 2.91. The van der Waals surface area contributed by atoms with Crippen LogP contribution in [0.25, 0.3) is 0 Å². The van der Waals surface area contributed by atoms with Crippen LogP contribution in [0.15, 0.2) is 6.07 Å². The molecule has 0 aromatic carbocycles. The summed E-state index contributed by atoms with van der Waals surface area (Å²) in [7, 11) is 2.40. The van der Waals surface area contributed by atoms with Crippen molar-refractivity contribution in [1.82, 2.24) is 4.98 Å². The maximum Gasteiger partial charge on any atom is 0.310 e. The van der Waals surface area contributed by atoms with E-state index in [1.165, 1.54) is 13.2 Å². The lowest BCUT2D eigenvalue weighted by Crippen LogP contribution is -2.11. The van der Waals surface area contributed by atoms with Crippen molar-refractivity contribution >= 4 is 5.97 Å². The van der Waals surface area contributed by atoms with Crippen molar-refractivity contribution in [2.75, 3.05) is 14.2 Å². The van der Waals surface area contributed by atoms with Crippen LogP contribution in [0.1, 0.15) is 23.4 Å². The summed E-state index contributed by atoms with van der Waals surface area (Å²) in [5.74, 6) is -0.677. The van der Waals surface area contributed by atoms with E-state index in [0.29, 0.717) is 0 Å². The number of ether oxygens (including phenoxy) is 2. The number of rotatable bonds is 4. The standard InChI is InChI=1S/C11H10F2N2O3/c1-17-8-3-6(5-14)15-10(11(12)13)7(8)4-9(16)18-2/h3,11H,4H2,1-2H3. The van der Waals surface area contributed by atoms with Crippen LogP contribution in [0.2, 0.25) is 0 Å². The van der Waals surface area contributed by atoms with Gasteiger partial charge in [-0.25, -0.2) is 13.8 Å². The Morgan fingerprint density at radius 1 is 1.56 bits per heavy atom. The first kappa shape index (κ1) is 13.8. The Morgan fingerprint density at radius 3 is 2.67 bits per heavy atom. The Bertz CT molecular complexity index is 498. The van der Waals surface area contributed by atoms with Crippen molar-refractivity contribution in [3.05, 3.63) is 23.0 Å². The zero-order valence-corrected chi connectivity index (χ0v) is 9.74. The smallest absolute Gasteiger partial charge is 0.310 e. The number of carbonyl (C=O) groups excluding carboxylic acids is 1. The fourth-order valence-corrected chi connectivity index (χ4v) is 1.38. The highest BCUT2D eigenvalue weighted by Gasteiger charge is 2.22. The van der Waals surface area contributed by atoms with Gasteiger partial charge in [0.15, 0.2) is 0 Å². The van der Waals surface area contributed by atoms with Crippen LogP contribution in [-0.4, -0.2) is 25.2 Å². The van der Waals surface area contributed by atoms with E-state index in [1.807, 2.05) is 0 Å². The number of hydrogen-bond donors (Lipinski definition) is 0. The third-order valence-corrected chi connectivity index (χ3v) is 2.21. The predicted octanol–water partition coefficient (Wildman–Crippen LogP) is 1.61. The summed E-state index contributed by atoms with van der Waals surface area (Å²) in [5, 5.41) is 8.68. The number of halogens is 2. The first-order valence-electron chi connectivity index (χ1n) is 4.86. The number of alkyl halides is 2. The molecule has 0 amide bonds. The maximum absolute atomic E-state index is 12.8. The number of esters is 1. The molecule has 18 heavy (non-hydrogen) atoms. The SMILES string of the molecule is COC(=O)Cc1c(OC)cc(C#N)nc1C(F)F. The molecule has 1 rings (SSSR count). The van der Waals surface area contributed by atoms with Gasteiger partial charge in [-0.15, -0.1) is 0 Å². The number of hydrogen-bond acceptors (Lipinski definition) is 5. The zero-order chi connectivity index (χ0) is 13.7. The third-order valence-electron chi connectivity index (χ3n) is 2.21. The second kappa shape index (κ2) is 5.91. The highest BCUT2D eigenvalue weighted by Crippen LogP contribution is 2.29. The van der Waals surface area contributed by atoms with Crippen molar-refractivity contribution in [1.29, 1.82) is 5.26 Å². The number of pyridine rings is 1. The maximum atomic E-state index is 12.8. The lowest BCUT2D eigenvalue weighted by molar-refractivity contribution is -0.139. The highest BCUT2D eigenvalue weighted by atomic mass is 19.3. The molecule has 0 unspecified atom stereocenters. The molecule has 0 bridgehead atoms. The van der Waals surface area contributed by atoms with Crippen LogP contribution in [0.4, 0.5) is 8.78 Å². The van der Waals surface area contributed by atoms with Gasteiger partial charge >= 0.3 is 5.97 Å². The summed E-state index contributed by atoms with van der Waals surface area (Å²) in [5.41, 5.74) is -0.912. The molecule has 0 aliphatic carbocycles. The van der Waals surface area contributed by atoms with E-state index >= 15 is 0 Å². The van der Waals surface area contributed by atoms with Crippen LogP contribution >= 0.6 is 0 Å². The normalized spacial score (nSPS) is 10.0. The largest absolute Gasteiger partial charge is 0.496 e. The molecule has 0 aliphatic heterocycles. The Morgan fingerprint density at radius 2 is 2.22 bits per heavy atom. The lowest BCUT2D eigenvalue weighted by Gasteiger charge is -2.12. The number of carbonyl (C=O) groups is 1. The van der Waals surface area contributed by atoms with E-state index in [9.17, 15) is 13.6 Å². The minimum atomic E-state index is -2.91. The van der Waals surface area contributed by atoms with Crippen LogP contribution in [0.5, 0.6) is 5.75 Å². The predicted molar refractivity (Wildman–Crippen MR) is 56.2 cm³/mol. The fourth-order valence-electron chi connectivity index (χ4n) is 1.38. The number of nitriles is 1. The van der Waals surface area contributed by atoms with E-state index in [-0.39, 0.29) is 17.0 Å². The second-order valence-corrected chi connectivity index (χ2v) is 3.24. The Balaban J connectivity index is 3.35. The fraction of sp³-hybridized carbons (Fsp3) is 0.364. The molecule has 1 aromatic heterocycles. The van der Waals surface area contributed by atoms with E-state index in [2.05, 4.69) is 9.72 Å². The van der Waals surface area contributed by atoms with Gasteiger partial charge < -0.3 is 9.47 Å². The number of methoxy groups -OCH3 is 2. The second-order valence-electron chi connectivity index (χ2n) is 3.24. The summed E-state index contributed by atoms with van der Waals surface area (Å²) < 4.78 is 35.0. The molecule has 5 nitrogen and oxygen atoms in total. The Kier molecular flexibility index (Phi) is 4.54. The van der Waals surface area contributed by atoms with E-state index in [0.717, 1.165) is 7.11 Å². The van der Waals surface area contributed by atoms with E-state index in [1.54, 1.807) is 6.07 Å². The summed E-state index contributed by atoms with van der Waals surface area (Å²) >= 11 is 0. The lowest BCUT2D eigenvalue weighted by atomic mass is 10.1. The molecule has 0 N–H and O–H groups in total. The monoisotopic (exact) mass is 256 g/mol. The van der Waals surface area contributed by atoms with Crippen molar-refractivity contribution in [3.8, 4) is 11.8 Å². The molecule has 96 valence electrons. The molecule has 0 saturated carbocycles. The van der Waals surface area contributed by atoms with E-state index < -0.39 is 24.5 Å². The molecule has 7 heteroatoms. The zero-order valence-electron chi connectivity index (χ0n) is 9.74. The van der Waals surface area contributed by atoms with Gasteiger partial charge in [0, 0.05) is 11.6 Å². The molecular formula is C11H10F2N2O3. The topological polar surface area (TPSA) is 72.2 Å². The molecular weight excluding hydrogens is 246 g/mol. The van der Waals surface area contributed by atoms with Crippen molar-refractivity contribution in [3.63, 3.8) is 0 Å². The highest BCUT2D eigenvalue weighted by molar-refractivity contribution is 5.74. The van der Waals surface area contributed by atoms with Gasteiger partial charge in [0.05, 0.1) is 20.6 Å². The van der Waals surface area contributed by atoms with Crippen LogP contribution in [0.3, 0.4) is 0 Å². The minimum Gasteiger partial charge on any atom is -0.496 e. The van der Waals surface area contributed by atoms with Gasteiger partial charge in [-0.3, -0.25) is 4.79 Å². The molecule has 0 fully saturated rings. The number of nitrogens with zero attached hydrogens (tertiary/aromatic N) is 2. The Labute approximate surface area is 102 Å². The molecule has 0 atom stereocenters. The van der Waals surface area contributed by atoms with Gasteiger partial charge in [-0.05, 0) is 0 Å². The molecule has 0 aliphatic rings. The van der Waals surface area contributed by atoms with Gasteiger partial charge in [0.25, 0.3) is 6.43 Å². The summed E-state index contributed by atoms with van der Waals surface area (Å²) in [6.45, 7) is 0. The van der Waals surface area contributed by atoms with Crippen LogP contribution < -0.4 is 4.74 Å². The van der Waals surface area contributed by atoms with Crippen LogP contribution in [0, 0.1) is 11.3 Å². The summed E-state index contributed by atoms with van der Waals surface area (Å²) in [4.78, 5) is 14.7. The van der Waals surface area contributed by atoms with Gasteiger partial charge in [-0.2, -0.15) is 5.26 Å². The summed E-state index contributed by atoms with van der Waals surface area (Å²) in [6.07, 6.45) is -3.30. The van der Waals surface area contributed by atoms with Gasteiger partial charge in [0.2, 0.25) is 0 Å². The van der Waals surface area contributed by atoms with Crippen LogP contribution in [-0.2, 0) is 16.0 Å². The average Bonchev–Trinajstić information content (AvgIpc) is 2.38. The molecule has 1 aromatic rings. The van der Waals surface area contributed by atoms with Crippen molar-refractivity contribution in [2.24, 2.45) is 0 Å². The molecule has 1 heterocycles. The Hall–Kier alpha value is -2.23. The van der Waals surface area contributed by atoms with Crippen molar-refractivity contribution in [2.45, 2.75) is 12.8 Å². The number of aromatic nitrogens is 1. The van der Waals surface area contributed by atoms with Crippen molar-refractivity contribution < 1.29 is 23.0 Å². The van der Waals surface area contributed by atoms with Gasteiger partial charge in [0.1, 0.15) is 23.2 Å². The molecule has 0 spiro atoms. The quantitative estimate of drug-likeness (QED) is 0.765. The average molecular weight is 256 g/mol. The summed E-state index contributed by atoms with van der Waals surface area (Å²) in [6, 6.07) is 2.85. The first-order valence-corrected chi connectivity index (χ1v) is 4.86. The van der Waals surface area contributed by atoms with Gasteiger partial charge in [-0.1, -0.05) is 0 Å². The minimum absolute atomic E-state index is 0.0160.